The average molecular weight is 260 g/mol. The monoisotopic (exact) mass is 260 g/mol. The maximum absolute atomic E-state index is 11.8. The summed E-state index contributed by atoms with van der Waals surface area (Å²) >= 11 is 0. The van der Waals surface area contributed by atoms with Gasteiger partial charge >= 0.3 is 0 Å². The molecule has 0 heterocycles. The lowest BCUT2D eigenvalue weighted by atomic mass is 9.88. The van der Waals surface area contributed by atoms with Crippen molar-refractivity contribution >= 4 is 5.91 Å². The zero-order chi connectivity index (χ0) is 14.3. The van der Waals surface area contributed by atoms with Crippen LogP contribution in [0.25, 0.3) is 0 Å². The summed E-state index contributed by atoms with van der Waals surface area (Å²) in [6, 6.07) is 9.77. The van der Waals surface area contributed by atoms with Crippen LogP contribution in [-0.4, -0.2) is 19.1 Å². The van der Waals surface area contributed by atoms with E-state index >= 15 is 0 Å². The van der Waals surface area contributed by atoms with Gasteiger partial charge in [0.15, 0.2) is 0 Å². The number of amides is 1. The number of carbonyl (C=O) groups is 1. The Bertz CT molecular complexity index is 479. The van der Waals surface area contributed by atoms with Crippen molar-refractivity contribution in [1.82, 2.24) is 5.32 Å². The van der Waals surface area contributed by atoms with Crippen LogP contribution in [0, 0.1) is 23.7 Å². The Morgan fingerprint density at radius 2 is 2.26 bits per heavy atom. The van der Waals surface area contributed by atoms with Gasteiger partial charge in [-0.05, 0) is 38.0 Å². The molecule has 19 heavy (non-hydrogen) atoms. The summed E-state index contributed by atoms with van der Waals surface area (Å²) in [4.78, 5) is 11.8. The summed E-state index contributed by atoms with van der Waals surface area (Å²) in [5, 5.41) is 11.7. The van der Waals surface area contributed by atoms with Gasteiger partial charge in [-0.25, -0.2) is 0 Å². The highest BCUT2D eigenvalue weighted by Gasteiger charge is 2.30. The molecular weight excluding hydrogens is 240 g/mol. The minimum Gasteiger partial charge on any atom is -0.492 e. The van der Waals surface area contributed by atoms with Crippen molar-refractivity contribution in [2.24, 2.45) is 5.41 Å². The molecule has 0 aromatic heterocycles. The van der Waals surface area contributed by atoms with Gasteiger partial charge in [-0.2, -0.15) is 5.26 Å². The van der Waals surface area contributed by atoms with E-state index in [1.807, 2.05) is 44.2 Å². The molecule has 0 spiro atoms. The predicted molar refractivity (Wildman–Crippen MR) is 73.7 cm³/mol. The van der Waals surface area contributed by atoms with Crippen LogP contribution in [-0.2, 0) is 4.79 Å². The van der Waals surface area contributed by atoms with Crippen LogP contribution in [0.2, 0.25) is 0 Å². The number of nitriles is 1. The van der Waals surface area contributed by atoms with Gasteiger partial charge in [0.25, 0.3) is 0 Å². The number of aryl methyl sites for hydroxylation is 1. The van der Waals surface area contributed by atoms with Crippen molar-refractivity contribution in [3.05, 3.63) is 29.8 Å². The van der Waals surface area contributed by atoms with Gasteiger partial charge in [0.2, 0.25) is 5.91 Å². The van der Waals surface area contributed by atoms with E-state index < -0.39 is 5.41 Å². The minimum atomic E-state index is -0.955. The molecule has 4 heteroatoms. The number of rotatable bonds is 6. The minimum absolute atomic E-state index is 0.245. The molecule has 0 saturated carbocycles. The van der Waals surface area contributed by atoms with Crippen molar-refractivity contribution in [1.29, 1.82) is 5.26 Å². The molecule has 1 unspecified atom stereocenters. The van der Waals surface area contributed by atoms with Gasteiger partial charge in [0, 0.05) is 0 Å². The lowest BCUT2D eigenvalue weighted by molar-refractivity contribution is -0.127. The van der Waals surface area contributed by atoms with Gasteiger partial charge in [-0.15, -0.1) is 0 Å². The Balaban J connectivity index is 2.36. The largest absolute Gasteiger partial charge is 0.492 e. The van der Waals surface area contributed by atoms with Crippen molar-refractivity contribution in [2.45, 2.75) is 27.2 Å². The number of carbonyl (C=O) groups excluding carboxylic acids is 1. The Labute approximate surface area is 114 Å². The Kier molecular flexibility index (Phi) is 5.37. The van der Waals surface area contributed by atoms with Crippen LogP contribution in [0.4, 0.5) is 0 Å². The lowest BCUT2D eigenvalue weighted by Gasteiger charge is -2.18. The predicted octanol–water partition coefficient (Wildman–Crippen LogP) is 2.43. The van der Waals surface area contributed by atoms with E-state index in [9.17, 15) is 4.79 Å². The smallest absolute Gasteiger partial charge is 0.240 e. The molecule has 0 aliphatic heterocycles. The highest BCUT2D eigenvalue weighted by atomic mass is 16.5. The highest BCUT2D eigenvalue weighted by molar-refractivity contribution is 5.84. The fourth-order valence-electron chi connectivity index (χ4n) is 1.52. The second-order valence-electron chi connectivity index (χ2n) is 4.72. The third kappa shape index (κ3) is 4.29. The second kappa shape index (κ2) is 6.79. The Morgan fingerprint density at radius 3 is 2.84 bits per heavy atom. The molecule has 0 saturated heterocycles. The SMILES string of the molecule is CCC(C)(C#N)C(=O)NCCOc1cccc(C)c1. The van der Waals surface area contributed by atoms with Crippen LogP contribution in [0.5, 0.6) is 5.75 Å². The molecule has 0 bridgehead atoms. The zero-order valence-corrected chi connectivity index (χ0v) is 11.7. The molecule has 0 radical (unpaired) electrons. The normalized spacial score (nSPS) is 13.2. The molecular formula is C15H20N2O2. The number of hydrogen-bond donors (Lipinski definition) is 1. The van der Waals surface area contributed by atoms with Gasteiger partial charge in [-0.3, -0.25) is 4.79 Å². The number of nitrogens with one attached hydrogen (secondary N) is 1. The van der Waals surface area contributed by atoms with E-state index in [1.54, 1.807) is 6.92 Å². The summed E-state index contributed by atoms with van der Waals surface area (Å²) in [7, 11) is 0. The summed E-state index contributed by atoms with van der Waals surface area (Å²) in [5.41, 5.74) is 0.174. The van der Waals surface area contributed by atoms with Crippen molar-refractivity contribution in [2.75, 3.05) is 13.2 Å². The lowest BCUT2D eigenvalue weighted by Crippen LogP contribution is -2.39. The average Bonchev–Trinajstić information content (AvgIpc) is 2.42. The van der Waals surface area contributed by atoms with Gasteiger partial charge in [0.1, 0.15) is 17.8 Å². The molecule has 4 nitrogen and oxygen atoms in total. The third-order valence-corrected chi connectivity index (χ3v) is 3.10. The quantitative estimate of drug-likeness (QED) is 0.799. The van der Waals surface area contributed by atoms with Crippen molar-refractivity contribution in [3.63, 3.8) is 0 Å². The van der Waals surface area contributed by atoms with Gasteiger partial charge in [0.05, 0.1) is 12.6 Å². The van der Waals surface area contributed by atoms with Crippen LogP contribution in [0.15, 0.2) is 24.3 Å². The van der Waals surface area contributed by atoms with Crippen LogP contribution >= 0.6 is 0 Å². The first-order valence-electron chi connectivity index (χ1n) is 6.41. The number of benzene rings is 1. The first-order valence-corrected chi connectivity index (χ1v) is 6.41. The number of nitrogens with zero attached hydrogens (tertiary/aromatic N) is 1. The van der Waals surface area contributed by atoms with Gasteiger partial charge < -0.3 is 10.1 Å². The zero-order valence-electron chi connectivity index (χ0n) is 11.7. The summed E-state index contributed by atoms with van der Waals surface area (Å²) in [6.45, 7) is 6.24. The molecule has 1 amide bonds. The second-order valence-corrected chi connectivity index (χ2v) is 4.72. The van der Waals surface area contributed by atoms with E-state index in [0.717, 1.165) is 11.3 Å². The fourth-order valence-corrected chi connectivity index (χ4v) is 1.52. The van der Waals surface area contributed by atoms with Crippen molar-refractivity contribution in [3.8, 4) is 11.8 Å². The van der Waals surface area contributed by atoms with E-state index in [-0.39, 0.29) is 5.91 Å². The number of hydrogen-bond acceptors (Lipinski definition) is 3. The van der Waals surface area contributed by atoms with E-state index in [2.05, 4.69) is 5.32 Å². The third-order valence-electron chi connectivity index (χ3n) is 3.10. The maximum Gasteiger partial charge on any atom is 0.240 e. The van der Waals surface area contributed by atoms with E-state index in [4.69, 9.17) is 10.00 Å². The van der Waals surface area contributed by atoms with Gasteiger partial charge in [-0.1, -0.05) is 19.1 Å². The highest BCUT2D eigenvalue weighted by Crippen LogP contribution is 2.19. The van der Waals surface area contributed by atoms with Crippen LogP contribution < -0.4 is 10.1 Å². The van der Waals surface area contributed by atoms with Crippen molar-refractivity contribution < 1.29 is 9.53 Å². The standard InChI is InChI=1S/C15H20N2O2/c1-4-15(3,11-16)14(18)17-8-9-19-13-7-5-6-12(2)10-13/h5-7,10H,4,8-9H2,1-3H3,(H,17,18). The first kappa shape index (κ1) is 15.0. The summed E-state index contributed by atoms with van der Waals surface area (Å²) < 4.78 is 5.52. The molecule has 0 aliphatic carbocycles. The van der Waals surface area contributed by atoms with Crippen LogP contribution in [0.3, 0.4) is 0 Å². The summed E-state index contributed by atoms with van der Waals surface area (Å²) in [6.07, 6.45) is 0.494. The Hall–Kier alpha value is -2.02. The molecule has 1 N–H and O–H groups in total. The first-order chi connectivity index (χ1) is 9.01. The molecule has 1 rings (SSSR count). The summed E-state index contributed by atoms with van der Waals surface area (Å²) in [5.74, 6) is 0.540. The fraction of sp³-hybridized carbons (Fsp3) is 0.467. The molecule has 0 aliphatic rings. The molecule has 1 aromatic rings. The van der Waals surface area contributed by atoms with E-state index in [1.165, 1.54) is 0 Å². The molecule has 1 atom stereocenters. The number of ether oxygens (including phenoxy) is 1. The molecule has 0 fully saturated rings. The van der Waals surface area contributed by atoms with E-state index in [0.29, 0.717) is 19.6 Å². The Morgan fingerprint density at radius 1 is 1.53 bits per heavy atom. The molecule has 102 valence electrons. The molecule has 1 aromatic carbocycles. The topological polar surface area (TPSA) is 62.1 Å². The maximum atomic E-state index is 11.8. The van der Waals surface area contributed by atoms with Crippen LogP contribution in [0.1, 0.15) is 25.8 Å².